The molecule has 6 rings (SSSR count). The molecule has 3 heterocycles. The van der Waals surface area contributed by atoms with Crippen LogP contribution >= 0.6 is 34.7 Å². The summed E-state index contributed by atoms with van der Waals surface area (Å²) in [6.45, 7) is 0. The van der Waals surface area contributed by atoms with Gasteiger partial charge >= 0.3 is 0 Å². The predicted octanol–water partition coefficient (Wildman–Crippen LogP) is 7.17. The molecule has 4 aromatic rings. The molecule has 2 unspecified atom stereocenters. The number of rotatable bonds is 8. The number of ketones is 1. The van der Waals surface area contributed by atoms with Crippen molar-refractivity contribution in [3.8, 4) is 11.6 Å². The number of aromatic nitrogens is 1. The number of piperidine rings is 1. The average Bonchev–Trinajstić information content (AvgIpc) is 3.56. The lowest BCUT2D eigenvalue weighted by molar-refractivity contribution is -0.133. The van der Waals surface area contributed by atoms with E-state index in [0.717, 1.165) is 42.2 Å². The van der Waals surface area contributed by atoms with Crippen molar-refractivity contribution in [1.29, 1.82) is 0 Å². The fraction of sp³-hybridized carbons (Fsp3) is 0.233. The summed E-state index contributed by atoms with van der Waals surface area (Å²) >= 11 is 8.93. The number of thioether (sulfide) groups is 1. The molecular formula is C30H24ClFN2O3S2. The van der Waals surface area contributed by atoms with Crippen LogP contribution in [0.4, 0.5) is 4.39 Å². The number of hydrogen-bond donors (Lipinski definition) is 1. The molecule has 2 aromatic heterocycles. The van der Waals surface area contributed by atoms with Crippen molar-refractivity contribution >= 4 is 46.4 Å². The van der Waals surface area contributed by atoms with Crippen molar-refractivity contribution in [2.75, 3.05) is 0 Å². The number of nitrogens with one attached hydrogen (secondary N) is 1. The molecule has 1 amide bonds. The highest BCUT2D eigenvalue weighted by atomic mass is 35.5. The number of hydrogen-bond acceptors (Lipinski definition) is 6. The molecule has 2 atom stereocenters. The lowest BCUT2D eigenvalue weighted by Crippen LogP contribution is -2.58. The summed E-state index contributed by atoms with van der Waals surface area (Å²) in [6, 6.07) is 18.9. The number of amides is 1. The molecule has 5 nitrogen and oxygen atoms in total. The lowest BCUT2D eigenvalue weighted by Gasteiger charge is -2.39. The molecule has 1 N–H and O–H groups in total. The second-order valence-corrected chi connectivity index (χ2v) is 12.2. The first-order valence-corrected chi connectivity index (χ1v) is 14.8. The molecule has 1 aliphatic heterocycles. The lowest BCUT2D eigenvalue weighted by atomic mass is 9.79. The van der Waals surface area contributed by atoms with Gasteiger partial charge in [0.25, 0.3) is 0 Å². The van der Waals surface area contributed by atoms with E-state index in [0.29, 0.717) is 33.2 Å². The van der Waals surface area contributed by atoms with Crippen molar-refractivity contribution in [3.63, 3.8) is 0 Å². The van der Waals surface area contributed by atoms with E-state index in [9.17, 15) is 14.0 Å². The highest BCUT2D eigenvalue weighted by Crippen LogP contribution is 2.42. The van der Waals surface area contributed by atoms with Gasteiger partial charge in [0.05, 0.1) is 10.7 Å². The van der Waals surface area contributed by atoms with Crippen molar-refractivity contribution in [2.24, 2.45) is 5.92 Å². The minimum Gasteiger partial charge on any atom is -0.439 e. The third kappa shape index (κ3) is 5.46. The number of ether oxygens (including phenoxy) is 1. The van der Waals surface area contributed by atoms with Crippen molar-refractivity contribution < 1.29 is 18.7 Å². The maximum atomic E-state index is 14.0. The minimum atomic E-state index is -1.15. The molecule has 198 valence electrons. The Hall–Kier alpha value is -3.20. The monoisotopic (exact) mass is 578 g/mol. The van der Waals surface area contributed by atoms with Gasteiger partial charge < -0.3 is 10.1 Å². The maximum Gasteiger partial charge on any atom is 0.242 e. The Balaban J connectivity index is 1.32. The standard InChI is InChI=1S/C30H24ClFN2O3S2/c31-22-4-1-2-5-25(22)39-28-23(35)16-30(34-29(28)36,20-12-13-38-17-20)26-6-3-7-27(33-26)37-24-11-10-21(32)15-19(24)14-18-8-9-18/h1-7,10-13,15,17-18,28H,8-9,14,16H2,(H,34,36). The van der Waals surface area contributed by atoms with Crippen molar-refractivity contribution in [3.05, 3.63) is 105 Å². The first-order chi connectivity index (χ1) is 18.9. The highest BCUT2D eigenvalue weighted by Gasteiger charge is 2.48. The molecule has 2 aromatic carbocycles. The molecular weight excluding hydrogens is 555 g/mol. The Morgan fingerprint density at radius 1 is 1.10 bits per heavy atom. The third-order valence-electron chi connectivity index (χ3n) is 7.01. The van der Waals surface area contributed by atoms with E-state index < -0.39 is 16.7 Å². The van der Waals surface area contributed by atoms with Crippen LogP contribution in [0.5, 0.6) is 11.6 Å². The molecule has 1 saturated heterocycles. The van der Waals surface area contributed by atoms with Gasteiger partial charge in [-0.25, -0.2) is 9.37 Å². The highest BCUT2D eigenvalue weighted by molar-refractivity contribution is 8.01. The summed E-state index contributed by atoms with van der Waals surface area (Å²) in [5.41, 5.74) is 0.922. The van der Waals surface area contributed by atoms with Gasteiger partial charge in [-0.05, 0) is 89.5 Å². The molecule has 1 saturated carbocycles. The van der Waals surface area contributed by atoms with E-state index in [1.165, 1.54) is 23.5 Å². The van der Waals surface area contributed by atoms with Gasteiger partial charge in [-0.15, -0.1) is 11.8 Å². The number of benzene rings is 2. The van der Waals surface area contributed by atoms with E-state index in [2.05, 4.69) is 5.32 Å². The van der Waals surface area contributed by atoms with Gasteiger partial charge in [-0.1, -0.05) is 29.8 Å². The summed E-state index contributed by atoms with van der Waals surface area (Å²) in [5, 5.41) is 6.51. The summed E-state index contributed by atoms with van der Waals surface area (Å²) in [7, 11) is 0. The van der Waals surface area contributed by atoms with Gasteiger partial charge in [0, 0.05) is 17.4 Å². The number of halogens is 2. The Labute approximate surface area is 238 Å². The van der Waals surface area contributed by atoms with Crippen LogP contribution in [0.15, 0.2) is 82.4 Å². The smallest absolute Gasteiger partial charge is 0.242 e. The van der Waals surface area contributed by atoms with Gasteiger partial charge in [-0.2, -0.15) is 11.3 Å². The zero-order valence-corrected chi connectivity index (χ0v) is 23.1. The van der Waals surface area contributed by atoms with E-state index in [-0.39, 0.29) is 18.0 Å². The second kappa shape index (κ2) is 10.8. The SMILES string of the molecule is O=C1CC(c2ccsc2)(c2cccc(Oc3ccc(F)cc3CC3CC3)n2)NC(=O)C1Sc1ccccc1Cl. The van der Waals surface area contributed by atoms with Gasteiger partial charge in [-0.3, -0.25) is 9.59 Å². The van der Waals surface area contributed by atoms with Gasteiger partial charge in [0.1, 0.15) is 22.4 Å². The number of pyridine rings is 1. The Kier molecular flexibility index (Phi) is 7.18. The zero-order valence-electron chi connectivity index (χ0n) is 20.7. The fourth-order valence-electron chi connectivity index (χ4n) is 4.85. The van der Waals surface area contributed by atoms with Crippen molar-refractivity contribution in [2.45, 2.75) is 41.4 Å². The van der Waals surface area contributed by atoms with Gasteiger partial charge in [0.15, 0.2) is 5.78 Å². The van der Waals surface area contributed by atoms with Crippen LogP contribution in [0.3, 0.4) is 0 Å². The largest absolute Gasteiger partial charge is 0.439 e. The van der Waals surface area contributed by atoms with Crippen LogP contribution in [0.2, 0.25) is 5.02 Å². The predicted molar refractivity (Wildman–Crippen MR) is 151 cm³/mol. The summed E-state index contributed by atoms with van der Waals surface area (Å²) in [6.07, 6.45) is 3.05. The van der Waals surface area contributed by atoms with Crippen LogP contribution in [0.25, 0.3) is 0 Å². The zero-order chi connectivity index (χ0) is 27.0. The second-order valence-electron chi connectivity index (χ2n) is 9.84. The molecule has 9 heteroatoms. The molecule has 39 heavy (non-hydrogen) atoms. The molecule has 1 aliphatic carbocycles. The van der Waals surface area contributed by atoms with Gasteiger partial charge in [0.2, 0.25) is 11.8 Å². The Bertz CT molecular complexity index is 1520. The quantitative estimate of drug-likeness (QED) is 0.224. The fourth-order valence-corrected chi connectivity index (χ4v) is 6.82. The number of Topliss-reactive ketones (excluding diaryl/α,β-unsaturated/α-hetero) is 1. The molecule has 2 fully saturated rings. The first-order valence-electron chi connectivity index (χ1n) is 12.6. The van der Waals surface area contributed by atoms with E-state index in [4.69, 9.17) is 21.3 Å². The topological polar surface area (TPSA) is 68.3 Å². The third-order valence-corrected chi connectivity index (χ3v) is 9.45. The first kappa shape index (κ1) is 26.0. The van der Waals surface area contributed by atoms with E-state index in [1.807, 2.05) is 22.9 Å². The summed E-state index contributed by atoms with van der Waals surface area (Å²) < 4.78 is 20.1. The van der Waals surface area contributed by atoms with Crippen LogP contribution in [0, 0.1) is 11.7 Å². The molecule has 0 radical (unpaired) electrons. The van der Waals surface area contributed by atoms with Crippen LogP contribution in [0.1, 0.15) is 36.1 Å². The van der Waals surface area contributed by atoms with Crippen LogP contribution in [-0.2, 0) is 21.5 Å². The number of thiophene rings is 1. The number of carbonyl (C=O) groups is 2. The van der Waals surface area contributed by atoms with E-state index >= 15 is 0 Å². The Morgan fingerprint density at radius 3 is 2.69 bits per heavy atom. The molecule has 0 bridgehead atoms. The average molecular weight is 579 g/mol. The van der Waals surface area contributed by atoms with Crippen molar-refractivity contribution in [1.82, 2.24) is 10.3 Å². The minimum absolute atomic E-state index is 0.0253. The van der Waals surface area contributed by atoms with Crippen LogP contribution < -0.4 is 10.1 Å². The number of carbonyl (C=O) groups excluding carboxylic acids is 2. The van der Waals surface area contributed by atoms with Crippen LogP contribution in [-0.4, -0.2) is 21.9 Å². The Morgan fingerprint density at radius 2 is 1.95 bits per heavy atom. The van der Waals surface area contributed by atoms with E-state index in [1.54, 1.807) is 42.5 Å². The summed E-state index contributed by atoms with van der Waals surface area (Å²) in [5.74, 6) is 0.491. The molecule has 2 aliphatic rings. The summed E-state index contributed by atoms with van der Waals surface area (Å²) in [4.78, 5) is 32.5. The normalized spacial score (nSPS) is 21.0. The maximum absolute atomic E-state index is 14.0. The molecule has 0 spiro atoms. The number of nitrogens with zero attached hydrogens (tertiary/aromatic N) is 1.